The number of anilines is 2. The van der Waals surface area contributed by atoms with Gasteiger partial charge >= 0.3 is 0 Å². The molecule has 1 aromatic carbocycles. The van der Waals surface area contributed by atoms with Crippen LogP contribution >= 0.6 is 0 Å². The summed E-state index contributed by atoms with van der Waals surface area (Å²) in [6, 6.07) is 7.21. The third-order valence-electron chi connectivity index (χ3n) is 4.68. The fraction of sp³-hybridized carbons (Fsp3) is 0.316. The Balaban J connectivity index is 1.94. The molecule has 0 amide bonds. The van der Waals surface area contributed by atoms with Crippen LogP contribution in [-0.2, 0) is 11.8 Å². The van der Waals surface area contributed by atoms with E-state index in [-0.39, 0.29) is 11.8 Å². The lowest BCUT2D eigenvalue weighted by Crippen LogP contribution is -2.41. The van der Waals surface area contributed by atoms with E-state index in [1.54, 1.807) is 22.9 Å². The molecule has 1 aromatic heterocycles. The predicted octanol–water partition coefficient (Wildman–Crippen LogP) is 1.59. The van der Waals surface area contributed by atoms with Crippen LogP contribution < -0.4 is 16.4 Å². The van der Waals surface area contributed by atoms with Crippen molar-refractivity contribution in [3.05, 3.63) is 47.3 Å². The molecule has 2 aromatic rings. The van der Waals surface area contributed by atoms with Crippen molar-refractivity contribution in [1.29, 1.82) is 10.8 Å². The Kier molecular flexibility index (Phi) is 5.27. The fourth-order valence-electron chi connectivity index (χ4n) is 3.19. The zero-order chi connectivity index (χ0) is 19.6. The molecule has 8 nitrogen and oxygen atoms in total. The molecule has 2 heterocycles. The number of rotatable bonds is 5. The first-order valence-corrected chi connectivity index (χ1v) is 8.76. The van der Waals surface area contributed by atoms with Crippen LogP contribution in [0.15, 0.2) is 30.5 Å². The zero-order valence-corrected chi connectivity index (χ0v) is 15.6. The summed E-state index contributed by atoms with van der Waals surface area (Å²) in [6.07, 6.45) is 2.70. The van der Waals surface area contributed by atoms with Gasteiger partial charge in [-0.2, -0.15) is 5.10 Å². The van der Waals surface area contributed by atoms with Gasteiger partial charge in [0.25, 0.3) is 0 Å². The summed E-state index contributed by atoms with van der Waals surface area (Å²) in [6.45, 7) is 4.24. The minimum Gasteiger partial charge on any atom is -0.404 e. The number of nitrogens with zero attached hydrogens (tertiary/aromatic N) is 3. The maximum Gasteiger partial charge on any atom is 0.151 e. The summed E-state index contributed by atoms with van der Waals surface area (Å²) in [5, 5.41) is 20.7. The number of hydrogen-bond donors (Lipinski definition) is 4. The van der Waals surface area contributed by atoms with E-state index in [1.165, 1.54) is 12.4 Å². The Morgan fingerprint density at radius 1 is 1.37 bits per heavy atom. The number of nitrogens with one attached hydrogen (secondary N) is 2. The minimum absolute atomic E-state index is 0.151. The number of nitrogen functional groups attached to an aromatic ring is 1. The van der Waals surface area contributed by atoms with Gasteiger partial charge in [0.2, 0.25) is 0 Å². The SMILES string of the molecule is C[C@@H]1CN(c2cc(C(=N)c3cc(/C(C=N)=C/N)ccc3N)n(C)n2)CCO1. The van der Waals surface area contributed by atoms with Crippen molar-refractivity contribution in [3.63, 3.8) is 0 Å². The Bertz CT molecular complexity index is 899. The molecular weight excluding hydrogens is 342 g/mol. The molecule has 0 aliphatic carbocycles. The van der Waals surface area contributed by atoms with Crippen LogP contribution in [0.5, 0.6) is 0 Å². The molecule has 1 aliphatic heterocycles. The normalized spacial score (nSPS) is 17.8. The highest BCUT2D eigenvalue weighted by atomic mass is 16.5. The Morgan fingerprint density at radius 3 is 2.81 bits per heavy atom. The molecule has 0 spiro atoms. The minimum atomic E-state index is 0.151. The third-order valence-corrected chi connectivity index (χ3v) is 4.68. The molecule has 27 heavy (non-hydrogen) atoms. The maximum atomic E-state index is 8.68. The number of aromatic nitrogens is 2. The van der Waals surface area contributed by atoms with Crippen molar-refractivity contribution < 1.29 is 4.74 Å². The highest BCUT2D eigenvalue weighted by Gasteiger charge is 2.22. The molecule has 1 atom stereocenters. The van der Waals surface area contributed by atoms with Crippen molar-refractivity contribution in [2.75, 3.05) is 30.3 Å². The van der Waals surface area contributed by atoms with E-state index in [9.17, 15) is 0 Å². The van der Waals surface area contributed by atoms with Gasteiger partial charge in [-0.1, -0.05) is 6.07 Å². The lowest BCUT2D eigenvalue weighted by Gasteiger charge is -2.31. The maximum absolute atomic E-state index is 8.68. The molecule has 0 radical (unpaired) electrons. The number of benzene rings is 1. The smallest absolute Gasteiger partial charge is 0.151 e. The summed E-state index contributed by atoms with van der Waals surface area (Å²) >= 11 is 0. The highest BCUT2D eigenvalue weighted by molar-refractivity contribution is 6.15. The molecule has 0 unspecified atom stereocenters. The zero-order valence-electron chi connectivity index (χ0n) is 15.6. The second kappa shape index (κ2) is 7.63. The van der Waals surface area contributed by atoms with Crippen LogP contribution in [-0.4, -0.2) is 47.5 Å². The van der Waals surface area contributed by atoms with Crippen molar-refractivity contribution >= 4 is 29.0 Å². The number of ether oxygens (including phenoxy) is 1. The molecule has 3 rings (SSSR count). The van der Waals surface area contributed by atoms with Gasteiger partial charge in [0.05, 0.1) is 24.1 Å². The lowest BCUT2D eigenvalue weighted by molar-refractivity contribution is 0.0529. The molecule has 1 fully saturated rings. The van der Waals surface area contributed by atoms with Gasteiger partial charge in [-0.15, -0.1) is 0 Å². The first-order chi connectivity index (χ1) is 12.9. The van der Waals surface area contributed by atoms with Gasteiger partial charge in [0.1, 0.15) is 0 Å². The summed E-state index contributed by atoms with van der Waals surface area (Å²) in [4.78, 5) is 2.16. The van der Waals surface area contributed by atoms with Crippen LogP contribution in [0.4, 0.5) is 11.5 Å². The first kappa shape index (κ1) is 18.7. The second-order valence-corrected chi connectivity index (χ2v) is 6.58. The Hall–Kier alpha value is -3.13. The number of allylic oxidation sites excluding steroid dienone is 1. The topological polar surface area (TPSA) is 130 Å². The van der Waals surface area contributed by atoms with E-state index in [0.717, 1.165) is 24.5 Å². The van der Waals surface area contributed by atoms with Crippen LogP contribution in [0, 0.1) is 10.8 Å². The van der Waals surface area contributed by atoms with E-state index < -0.39 is 0 Å². The molecular formula is C19H25N7O. The van der Waals surface area contributed by atoms with Crippen LogP contribution in [0.25, 0.3) is 5.57 Å². The molecule has 142 valence electrons. The van der Waals surface area contributed by atoms with E-state index in [2.05, 4.69) is 10.00 Å². The van der Waals surface area contributed by atoms with Gasteiger partial charge in [-0.25, -0.2) is 0 Å². The fourth-order valence-corrected chi connectivity index (χ4v) is 3.19. The predicted molar refractivity (Wildman–Crippen MR) is 109 cm³/mol. The van der Waals surface area contributed by atoms with E-state index in [0.29, 0.717) is 29.1 Å². The molecule has 1 aliphatic rings. The third kappa shape index (κ3) is 3.70. The van der Waals surface area contributed by atoms with Gasteiger partial charge in [-0.05, 0) is 24.6 Å². The van der Waals surface area contributed by atoms with Gasteiger partial charge in [0.15, 0.2) is 5.82 Å². The van der Waals surface area contributed by atoms with Crippen molar-refractivity contribution in [2.24, 2.45) is 12.8 Å². The average Bonchev–Trinajstić information content (AvgIpc) is 3.05. The molecule has 0 saturated carbocycles. The molecule has 8 heteroatoms. The average molecular weight is 367 g/mol. The summed E-state index contributed by atoms with van der Waals surface area (Å²) in [7, 11) is 1.82. The second-order valence-electron chi connectivity index (χ2n) is 6.58. The van der Waals surface area contributed by atoms with E-state index in [4.69, 9.17) is 27.0 Å². The summed E-state index contributed by atoms with van der Waals surface area (Å²) < 4.78 is 7.28. The lowest BCUT2D eigenvalue weighted by atomic mass is 9.99. The van der Waals surface area contributed by atoms with Crippen LogP contribution in [0.2, 0.25) is 0 Å². The quantitative estimate of drug-likeness (QED) is 0.471. The monoisotopic (exact) mass is 367 g/mol. The largest absolute Gasteiger partial charge is 0.404 e. The standard InChI is InChI=1S/C19H25N7O/c1-12-11-26(5-6-27-12)18-8-17(25(2)24-18)19(23)15-7-13(3-4-16(15)22)14(9-20)10-21/h3-4,7-10,12,20,23H,5-6,11,21-22H2,1-2H3/b14-10+,20-9?,23-19?/t12-/m1/s1. The van der Waals surface area contributed by atoms with Gasteiger partial charge in [-0.3, -0.25) is 10.1 Å². The first-order valence-electron chi connectivity index (χ1n) is 8.76. The van der Waals surface area contributed by atoms with Crippen molar-refractivity contribution in [3.8, 4) is 0 Å². The summed E-state index contributed by atoms with van der Waals surface area (Å²) in [5.74, 6) is 0.823. The number of aryl methyl sites for hydroxylation is 1. The molecule has 0 bridgehead atoms. The van der Waals surface area contributed by atoms with Crippen molar-refractivity contribution in [1.82, 2.24) is 9.78 Å². The van der Waals surface area contributed by atoms with E-state index in [1.807, 2.05) is 20.0 Å². The van der Waals surface area contributed by atoms with Crippen molar-refractivity contribution in [2.45, 2.75) is 13.0 Å². The summed E-state index contributed by atoms with van der Waals surface area (Å²) in [5.41, 5.74) is 15.0. The molecule has 1 saturated heterocycles. The number of morpholine rings is 1. The highest BCUT2D eigenvalue weighted by Crippen LogP contribution is 2.24. The van der Waals surface area contributed by atoms with Gasteiger partial charge in [0, 0.05) is 55.4 Å². The Labute approximate surface area is 158 Å². The molecule has 6 N–H and O–H groups in total. The van der Waals surface area contributed by atoms with Gasteiger partial charge < -0.3 is 26.5 Å². The van der Waals surface area contributed by atoms with Crippen LogP contribution in [0.1, 0.15) is 23.7 Å². The number of hydrogen-bond acceptors (Lipinski definition) is 7. The number of nitrogens with two attached hydrogens (primary N) is 2. The van der Waals surface area contributed by atoms with E-state index >= 15 is 0 Å². The van der Waals surface area contributed by atoms with Crippen LogP contribution in [0.3, 0.4) is 0 Å². The Morgan fingerprint density at radius 2 is 2.15 bits per heavy atom.